The highest BCUT2D eigenvalue weighted by Crippen LogP contribution is 2.30. The Balaban J connectivity index is 1.60. The Morgan fingerprint density at radius 2 is 1.71 bits per heavy atom. The maximum Gasteiger partial charge on any atom is 0.255 e. The summed E-state index contributed by atoms with van der Waals surface area (Å²) in [5, 5.41) is 5.95. The zero-order chi connectivity index (χ0) is 24.1. The largest absolute Gasteiger partial charge is 0.497 e. The van der Waals surface area contributed by atoms with Gasteiger partial charge in [-0.05, 0) is 65.9 Å². The van der Waals surface area contributed by atoms with E-state index < -0.39 is 0 Å². The van der Waals surface area contributed by atoms with Crippen molar-refractivity contribution in [1.82, 2.24) is 5.32 Å². The van der Waals surface area contributed by atoms with Crippen LogP contribution in [0.3, 0.4) is 0 Å². The second-order valence-corrected chi connectivity index (χ2v) is 8.96. The van der Waals surface area contributed by atoms with E-state index in [-0.39, 0.29) is 11.8 Å². The standard InChI is InChI=1S/C28H31N3O3/c1-19(2)17-29-28(33)25-16-23(30-27(32)21-8-11-24(34-3)12-9-21)10-13-26(25)31-15-14-20-6-4-5-7-22(20)18-31/h4-13,16,19H,14-15,17-18H2,1-3H3,(H,29,33)(H,30,32). The van der Waals surface area contributed by atoms with E-state index in [0.717, 1.165) is 25.2 Å². The van der Waals surface area contributed by atoms with Crippen molar-refractivity contribution in [3.05, 3.63) is 89.0 Å². The van der Waals surface area contributed by atoms with Crippen LogP contribution < -0.4 is 20.3 Å². The van der Waals surface area contributed by atoms with Gasteiger partial charge in [0.15, 0.2) is 0 Å². The molecule has 1 heterocycles. The van der Waals surface area contributed by atoms with Gasteiger partial charge in [0, 0.05) is 36.6 Å². The highest BCUT2D eigenvalue weighted by molar-refractivity contribution is 6.06. The van der Waals surface area contributed by atoms with Crippen molar-refractivity contribution in [3.63, 3.8) is 0 Å². The molecule has 34 heavy (non-hydrogen) atoms. The molecule has 3 aromatic carbocycles. The minimum Gasteiger partial charge on any atom is -0.497 e. The summed E-state index contributed by atoms with van der Waals surface area (Å²) in [6.07, 6.45) is 0.930. The number of amides is 2. The van der Waals surface area contributed by atoms with Gasteiger partial charge >= 0.3 is 0 Å². The first kappa shape index (κ1) is 23.4. The molecule has 0 unspecified atom stereocenters. The van der Waals surface area contributed by atoms with Crippen LogP contribution in [0, 0.1) is 5.92 Å². The number of hydrogen-bond donors (Lipinski definition) is 2. The summed E-state index contributed by atoms with van der Waals surface area (Å²) in [6, 6.07) is 20.9. The number of fused-ring (bicyclic) bond motifs is 1. The number of benzene rings is 3. The highest BCUT2D eigenvalue weighted by Gasteiger charge is 2.22. The first-order valence-corrected chi connectivity index (χ1v) is 11.6. The fraction of sp³-hybridized carbons (Fsp3) is 0.286. The molecule has 0 spiro atoms. The second-order valence-electron chi connectivity index (χ2n) is 8.96. The van der Waals surface area contributed by atoms with Gasteiger partial charge in [0.05, 0.1) is 12.7 Å². The van der Waals surface area contributed by atoms with Crippen LogP contribution in [0.2, 0.25) is 0 Å². The van der Waals surface area contributed by atoms with E-state index in [1.54, 1.807) is 37.4 Å². The molecule has 0 aromatic heterocycles. The van der Waals surface area contributed by atoms with E-state index in [4.69, 9.17) is 4.74 Å². The third-order valence-corrected chi connectivity index (χ3v) is 5.99. The molecule has 1 aliphatic rings. The molecule has 0 radical (unpaired) electrons. The summed E-state index contributed by atoms with van der Waals surface area (Å²) in [5.74, 6) is 0.652. The fourth-order valence-electron chi connectivity index (χ4n) is 4.11. The van der Waals surface area contributed by atoms with Gasteiger partial charge in [-0.3, -0.25) is 9.59 Å². The van der Waals surface area contributed by atoms with Crippen LogP contribution in [0.5, 0.6) is 5.75 Å². The van der Waals surface area contributed by atoms with Crippen molar-refractivity contribution >= 4 is 23.2 Å². The number of methoxy groups -OCH3 is 1. The average molecular weight is 458 g/mol. The minimum absolute atomic E-state index is 0.136. The minimum atomic E-state index is -0.240. The Bertz CT molecular complexity index is 1170. The summed E-state index contributed by atoms with van der Waals surface area (Å²) < 4.78 is 5.16. The molecule has 2 amide bonds. The third-order valence-electron chi connectivity index (χ3n) is 5.99. The summed E-state index contributed by atoms with van der Waals surface area (Å²) in [6.45, 7) is 6.29. The predicted molar refractivity (Wildman–Crippen MR) is 136 cm³/mol. The normalized spacial score (nSPS) is 12.8. The van der Waals surface area contributed by atoms with Crippen LogP contribution >= 0.6 is 0 Å². The fourth-order valence-corrected chi connectivity index (χ4v) is 4.11. The lowest BCUT2D eigenvalue weighted by atomic mass is 9.98. The van der Waals surface area contributed by atoms with Crippen molar-refractivity contribution in [2.75, 3.05) is 30.4 Å². The molecule has 6 nitrogen and oxygen atoms in total. The first-order chi connectivity index (χ1) is 16.4. The molecule has 3 aromatic rings. The molecule has 0 saturated heterocycles. The predicted octanol–water partition coefficient (Wildman–Crippen LogP) is 4.90. The van der Waals surface area contributed by atoms with Crippen LogP contribution in [0.15, 0.2) is 66.7 Å². The van der Waals surface area contributed by atoms with E-state index in [2.05, 4.69) is 53.6 Å². The highest BCUT2D eigenvalue weighted by atomic mass is 16.5. The van der Waals surface area contributed by atoms with Crippen LogP contribution in [0.25, 0.3) is 0 Å². The van der Waals surface area contributed by atoms with E-state index in [0.29, 0.717) is 35.0 Å². The van der Waals surface area contributed by atoms with Crippen LogP contribution in [0.4, 0.5) is 11.4 Å². The summed E-state index contributed by atoms with van der Waals surface area (Å²) >= 11 is 0. The maximum atomic E-state index is 13.2. The van der Waals surface area contributed by atoms with Crippen molar-refractivity contribution < 1.29 is 14.3 Å². The van der Waals surface area contributed by atoms with Crippen molar-refractivity contribution in [2.45, 2.75) is 26.8 Å². The maximum absolute atomic E-state index is 13.2. The lowest BCUT2D eigenvalue weighted by Crippen LogP contribution is -2.34. The van der Waals surface area contributed by atoms with E-state index in [1.807, 2.05) is 12.1 Å². The number of rotatable bonds is 7. The average Bonchev–Trinajstić information content (AvgIpc) is 2.87. The number of ether oxygens (including phenoxy) is 1. The van der Waals surface area contributed by atoms with Gasteiger partial charge in [0.25, 0.3) is 11.8 Å². The Labute approximate surface area is 200 Å². The molecule has 4 rings (SSSR count). The first-order valence-electron chi connectivity index (χ1n) is 11.6. The molecule has 0 atom stereocenters. The quantitative estimate of drug-likeness (QED) is 0.530. The zero-order valence-corrected chi connectivity index (χ0v) is 19.9. The number of carbonyl (C=O) groups is 2. The van der Waals surface area contributed by atoms with Gasteiger partial charge in [-0.15, -0.1) is 0 Å². The summed E-state index contributed by atoms with van der Waals surface area (Å²) in [7, 11) is 1.59. The number of nitrogens with one attached hydrogen (secondary N) is 2. The number of carbonyl (C=O) groups excluding carboxylic acids is 2. The number of nitrogens with zero attached hydrogens (tertiary/aromatic N) is 1. The summed E-state index contributed by atoms with van der Waals surface area (Å²) in [5.41, 5.74) is 5.16. The molecular formula is C28H31N3O3. The topological polar surface area (TPSA) is 70.7 Å². The van der Waals surface area contributed by atoms with E-state index in [1.165, 1.54) is 11.1 Å². The van der Waals surface area contributed by atoms with Crippen molar-refractivity contribution in [2.24, 2.45) is 5.92 Å². The molecule has 6 heteroatoms. The Morgan fingerprint density at radius 3 is 2.41 bits per heavy atom. The van der Waals surface area contributed by atoms with Gasteiger partial charge in [-0.1, -0.05) is 38.1 Å². The van der Waals surface area contributed by atoms with Gasteiger partial charge < -0.3 is 20.3 Å². The Morgan fingerprint density at radius 1 is 0.971 bits per heavy atom. The van der Waals surface area contributed by atoms with Gasteiger partial charge in [0.2, 0.25) is 0 Å². The van der Waals surface area contributed by atoms with Crippen molar-refractivity contribution in [3.8, 4) is 5.75 Å². The van der Waals surface area contributed by atoms with Crippen LogP contribution in [0.1, 0.15) is 45.7 Å². The second kappa shape index (κ2) is 10.4. The molecule has 176 valence electrons. The Kier molecular flexibility index (Phi) is 7.16. The molecule has 1 aliphatic heterocycles. The van der Waals surface area contributed by atoms with Gasteiger partial charge in [-0.25, -0.2) is 0 Å². The van der Waals surface area contributed by atoms with E-state index >= 15 is 0 Å². The summed E-state index contributed by atoms with van der Waals surface area (Å²) in [4.78, 5) is 28.2. The lowest BCUT2D eigenvalue weighted by molar-refractivity contribution is 0.0948. The smallest absolute Gasteiger partial charge is 0.255 e. The number of hydrogen-bond acceptors (Lipinski definition) is 4. The van der Waals surface area contributed by atoms with Gasteiger partial charge in [0.1, 0.15) is 5.75 Å². The monoisotopic (exact) mass is 457 g/mol. The van der Waals surface area contributed by atoms with Crippen LogP contribution in [-0.2, 0) is 13.0 Å². The molecule has 0 bridgehead atoms. The third kappa shape index (κ3) is 5.39. The Hall–Kier alpha value is -3.80. The number of anilines is 2. The molecule has 0 saturated carbocycles. The zero-order valence-electron chi connectivity index (χ0n) is 19.9. The molecule has 0 fully saturated rings. The van der Waals surface area contributed by atoms with Crippen LogP contribution in [-0.4, -0.2) is 32.0 Å². The van der Waals surface area contributed by atoms with Crippen molar-refractivity contribution in [1.29, 1.82) is 0 Å². The molecule has 0 aliphatic carbocycles. The van der Waals surface area contributed by atoms with E-state index in [9.17, 15) is 9.59 Å². The molecule has 2 N–H and O–H groups in total. The van der Waals surface area contributed by atoms with Gasteiger partial charge in [-0.2, -0.15) is 0 Å². The molecular weight excluding hydrogens is 426 g/mol. The SMILES string of the molecule is COc1ccc(C(=O)Nc2ccc(N3CCc4ccccc4C3)c(C(=O)NCC(C)C)c2)cc1. The lowest BCUT2D eigenvalue weighted by Gasteiger charge is -2.32.